The maximum absolute atomic E-state index is 13.4. The van der Waals surface area contributed by atoms with Gasteiger partial charge in [0.1, 0.15) is 0 Å². The first-order valence-electron chi connectivity index (χ1n) is 5.78. The van der Waals surface area contributed by atoms with Crippen molar-refractivity contribution in [2.75, 3.05) is 7.05 Å². The average Bonchev–Trinajstić information content (AvgIpc) is 2.42. The third kappa shape index (κ3) is 2.96. The highest BCUT2D eigenvalue weighted by Crippen LogP contribution is 2.13. The molecule has 1 aromatic carbocycles. The van der Waals surface area contributed by atoms with Gasteiger partial charge in [-0.1, -0.05) is 6.07 Å². The Hall–Kier alpha value is -2.37. The minimum atomic E-state index is -0.988. The van der Waals surface area contributed by atoms with Crippen molar-refractivity contribution in [1.82, 2.24) is 9.88 Å². The van der Waals surface area contributed by atoms with E-state index in [2.05, 4.69) is 4.98 Å². The summed E-state index contributed by atoms with van der Waals surface area (Å²) in [5, 5.41) is 0. The van der Waals surface area contributed by atoms with Crippen LogP contribution in [-0.2, 0) is 6.54 Å². The van der Waals surface area contributed by atoms with E-state index in [1.54, 1.807) is 0 Å². The van der Waals surface area contributed by atoms with Gasteiger partial charge >= 0.3 is 0 Å². The van der Waals surface area contributed by atoms with Crippen LogP contribution >= 0.6 is 0 Å². The van der Waals surface area contributed by atoms with Crippen molar-refractivity contribution in [2.24, 2.45) is 0 Å². The summed E-state index contributed by atoms with van der Waals surface area (Å²) >= 11 is 0. The largest absolute Gasteiger partial charge is 0.337 e. The molecule has 6 heteroatoms. The van der Waals surface area contributed by atoms with E-state index in [1.165, 1.54) is 30.3 Å². The molecule has 0 unspecified atom stereocenters. The number of carbonyl (C=O) groups excluding carboxylic acids is 1. The minimum Gasteiger partial charge on any atom is -0.337 e. The van der Waals surface area contributed by atoms with E-state index in [0.29, 0.717) is 5.56 Å². The van der Waals surface area contributed by atoms with Gasteiger partial charge in [-0.05, 0) is 23.8 Å². The van der Waals surface area contributed by atoms with Crippen LogP contribution in [0.5, 0.6) is 0 Å². The Labute approximate surface area is 113 Å². The third-order valence-corrected chi connectivity index (χ3v) is 2.75. The fraction of sp³-hybridized carbons (Fsp3) is 0.143. The fourth-order valence-corrected chi connectivity index (χ4v) is 1.74. The summed E-state index contributed by atoms with van der Waals surface area (Å²) in [6.07, 6.45) is 2.25. The fourth-order valence-electron chi connectivity index (χ4n) is 1.74. The Morgan fingerprint density at radius 3 is 2.55 bits per heavy atom. The van der Waals surface area contributed by atoms with Crippen molar-refractivity contribution in [3.63, 3.8) is 0 Å². The number of rotatable bonds is 3. The van der Waals surface area contributed by atoms with Crippen LogP contribution < -0.4 is 0 Å². The smallest absolute Gasteiger partial charge is 0.256 e. The quantitative estimate of drug-likeness (QED) is 0.866. The molecule has 3 nitrogen and oxygen atoms in total. The van der Waals surface area contributed by atoms with Crippen molar-refractivity contribution in [3.05, 3.63) is 65.2 Å². The maximum Gasteiger partial charge on any atom is 0.256 e. The molecule has 0 bridgehead atoms. The Morgan fingerprint density at radius 2 is 1.90 bits per heavy atom. The lowest BCUT2D eigenvalue weighted by atomic mass is 10.2. The van der Waals surface area contributed by atoms with Crippen LogP contribution in [0.4, 0.5) is 13.2 Å². The van der Waals surface area contributed by atoms with E-state index in [0.717, 1.165) is 18.3 Å². The van der Waals surface area contributed by atoms with E-state index < -0.39 is 23.4 Å². The molecule has 0 aliphatic heterocycles. The second-order valence-corrected chi connectivity index (χ2v) is 4.27. The second-order valence-electron chi connectivity index (χ2n) is 4.27. The van der Waals surface area contributed by atoms with Gasteiger partial charge in [0.2, 0.25) is 0 Å². The lowest BCUT2D eigenvalue weighted by molar-refractivity contribution is 0.0780. The molecule has 0 saturated heterocycles. The number of hydrogen-bond acceptors (Lipinski definition) is 2. The van der Waals surface area contributed by atoms with Crippen LogP contribution in [0.3, 0.4) is 0 Å². The van der Waals surface area contributed by atoms with Crippen molar-refractivity contribution in [1.29, 1.82) is 0 Å². The first-order valence-corrected chi connectivity index (χ1v) is 5.78. The second kappa shape index (κ2) is 5.73. The van der Waals surface area contributed by atoms with Crippen LogP contribution in [0.1, 0.15) is 15.9 Å². The number of carbonyl (C=O) groups is 1. The molecule has 2 rings (SSSR count). The molecule has 2 aromatic rings. The van der Waals surface area contributed by atoms with Crippen molar-refractivity contribution in [2.45, 2.75) is 6.54 Å². The van der Waals surface area contributed by atoms with E-state index in [1.807, 2.05) is 0 Å². The molecule has 0 aliphatic rings. The van der Waals surface area contributed by atoms with Crippen LogP contribution in [0.15, 0.2) is 36.7 Å². The van der Waals surface area contributed by atoms with Gasteiger partial charge in [0.15, 0.2) is 17.5 Å². The van der Waals surface area contributed by atoms with Gasteiger partial charge in [-0.25, -0.2) is 13.2 Å². The molecular formula is C14H11F3N2O. The van der Waals surface area contributed by atoms with E-state index >= 15 is 0 Å². The number of hydrogen-bond donors (Lipinski definition) is 0. The summed E-state index contributed by atoms with van der Waals surface area (Å²) in [7, 11) is 1.45. The zero-order valence-electron chi connectivity index (χ0n) is 10.6. The molecule has 0 saturated carbocycles. The number of amides is 1. The highest BCUT2D eigenvalue weighted by Gasteiger charge is 2.16. The van der Waals surface area contributed by atoms with Crippen molar-refractivity contribution >= 4 is 5.91 Å². The normalized spacial score (nSPS) is 10.4. The van der Waals surface area contributed by atoms with Crippen LogP contribution in [0, 0.1) is 17.5 Å². The molecule has 0 atom stereocenters. The molecule has 0 fully saturated rings. The van der Waals surface area contributed by atoms with E-state index in [-0.39, 0.29) is 12.1 Å². The maximum atomic E-state index is 13.4. The number of pyridine rings is 1. The molecule has 1 amide bonds. The topological polar surface area (TPSA) is 33.2 Å². The Balaban J connectivity index is 2.15. The zero-order chi connectivity index (χ0) is 14.7. The molecular weight excluding hydrogens is 269 g/mol. The van der Waals surface area contributed by atoms with Gasteiger partial charge in [-0.2, -0.15) is 0 Å². The van der Waals surface area contributed by atoms with Gasteiger partial charge in [-0.3, -0.25) is 9.78 Å². The Bertz CT molecular complexity index is 646. The summed E-state index contributed by atoms with van der Waals surface area (Å²) < 4.78 is 39.3. The highest BCUT2D eigenvalue weighted by molar-refractivity contribution is 5.94. The van der Waals surface area contributed by atoms with Gasteiger partial charge < -0.3 is 4.90 Å². The molecule has 1 aromatic heterocycles. The monoisotopic (exact) mass is 280 g/mol. The minimum absolute atomic E-state index is 0.0395. The van der Waals surface area contributed by atoms with Crippen LogP contribution in [0.25, 0.3) is 0 Å². The van der Waals surface area contributed by atoms with Crippen molar-refractivity contribution in [3.8, 4) is 0 Å². The van der Waals surface area contributed by atoms with Gasteiger partial charge in [-0.15, -0.1) is 0 Å². The average molecular weight is 280 g/mol. The first kappa shape index (κ1) is 14.0. The Morgan fingerprint density at radius 1 is 1.15 bits per heavy atom. The molecule has 104 valence electrons. The number of halogens is 3. The van der Waals surface area contributed by atoms with Gasteiger partial charge in [0, 0.05) is 19.8 Å². The SMILES string of the molecule is CN(Cc1ccc(F)c(F)c1)C(=O)c1ccncc1F. The van der Waals surface area contributed by atoms with Crippen LogP contribution in [0.2, 0.25) is 0 Å². The first-order chi connectivity index (χ1) is 9.49. The molecule has 0 radical (unpaired) electrons. The van der Waals surface area contributed by atoms with Gasteiger partial charge in [0.05, 0.1) is 11.8 Å². The molecule has 0 aliphatic carbocycles. The number of nitrogens with zero attached hydrogens (tertiary/aromatic N) is 2. The summed E-state index contributed by atoms with van der Waals surface area (Å²) in [5.41, 5.74) is 0.291. The van der Waals surface area contributed by atoms with Gasteiger partial charge in [0.25, 0.3) is 5.91 Å². The molecule has 20 heavy (non-hydrogen) atoms. The number of aromatic nitrogens is 1. The summed E-state index contributed by atoms with van der Waals surface area (Å²) in [6.45, 7) is 0.0395. The highest BCUT2D eigenvalue weighted by atomic mass is 19.2. The summed E-state index contributed by atoms with van der Waals surface area (Å²) in [4.78, 5) is 16.8. The standard InChI is InChI=1S/C14H11F3N2O/c1-19(8-9-2-3-11(15)12(16)6-9)14(20)10-4-5-18-7-13(10)17/h2-7H,8H2,1H3. The van der Waals surface area contributed by atoms with E-state index in [4.69, 9.17) is 0 Å². The molecule has 0 spiro atoms. The zero-order valence-corrected chi connectivity index (χ0v) is 10.6. The molecule has 1 heterocycles. The lowest BCUT2D eigenvalue weighted by Gasteiger charge is -2.17. The van der Waals surface area contributed by atoms with Crippen LogP contribution in [-0.4, -0.2) is 22.8 Å². The lowest BCUT2D eigenvalue weighted by Crippen LogP contribution is -2.27. The predicted molar refractivity (Wildman–Crippen MR) is 66.4 cm³/mol. The van der Waals surface area contributed by atoms with E-state index in [9.17, 15) is 18.0 Å². The number of benzene rings is 1. The predicted octanol–water partition coefficient (Wildman–Crippen LogP) is 2.77. The summed E-state index contributed by atoms with van der Waals surface area (Å²) in [6, 6.07) is 4.61. The third-order valence-electron chi connectivity index (χ3n) is 2.75. The molecule has 0 N–H and O–H groups in total. The Kier molecular flexibility index (Phi) is 4.02. The van der Waals surface area contributed by atoms with Crippen molar-refractivity contribution < 1.29 is 18.0 Å². The summed E-state index contributed by atoms with van der Waals surface area (Å²) in [5.74, 6) is -3.23.